The predicted molar refractivity (Wildman–Crippen MR) is 244 cm³/mol. The van der Waals surface area contributed by atoms with E-state index in [1.54, 1.807) is 0 Å². The van der Waals surface area contributed by atoms with Gasteiger partial charge in [-0.25, -0.2) is 0 Å². The minimum absolute atomic E-state index is 0.631. The third kappa shape index (κ3) is 4.46. The number of furan rings is 2. The standard InChI is InChI=1S/C57H34O2/c1-3-16-39(17-4-1)57(40-18-5-2-6-19-40)49-34-38(41-23-13-25-52-54(41)46-30-27-36-15-8-10-21-43(36)56(46)59-52)33-47(53(49)45-29-26-35-14-7-9-20-42(35)55(45)57)37-28-31-51-48(32-37)44-22-11-12-24-50(44)58-51/h1-34H. The maximum absolute atomic E-state index is 6.78. The van der Waals surface area contributed by atoms with Crippen LogP contribution in [0.15, 0.2) is 215 Å². The fourth-order valence-corrected chi connectivity index (χ4v) is 10.5. The zero-order valence-corrected chi connectivity index (χ0v) is 31.9. The van der Waals surface area contributed by atoms with Gasteiger partial charge in [-0.1, -0.05) is 164 Å². The highest BCUT2D eigenvalue weighted by molar-refractivity contribution is 6.19. The Morgan fingerprint density at radius 3 is 1.78 bits per heavy atom. The molecule has 0 aliphatic heterocycles. The SMILES string of the molecule is c1ccc(C2(c3ccccc3)c3cc(-c4cccc5oc6c7ccccc7ccc6c45)cc(-c4ccc5oc6ccccc6c5c4)c3-c3ccc4ccccc4c32)cc1. The number of hydrogen-bond acceptors (Lipinski definition) is 2. The van der Waals surface area contributed by atoms with Crippen molar-refractivity contribution in [3.63, 3.8) is 0 Å². The molecule has 10 aromatic carbocycles. The monoisotopic (exact) mass is 750 g/mol. The molecule has 0 atom stereocenters. The van der Waals surface area contributed by atoms with Crippen molar-refractivity contribution in [2.24, 2.45) is 0 Å². The van der Waals surface area contributed by atoms with Gasteiger partial charge in [0, 0.05) is 26.9 Å². The minimum atomic E-state index is -0.631. The molecule has 0 radical (unpaired) electrons. The second kappa shape index (κ2) is 12.2. The van der Waals surface area contributed by atoms with Crippen molar-refractivity contribution in [3.05, 3.63) is 229 Å². The topological polar surface area (TPSA) is 26.3 Å². The van der Waals surface area contributed by atoms with Crippen LogP contribution in [0.25, 0.3) is 98.8 Å². The van der Waals surface area contributed by atoms with Crippen molar-refractivity contribution in [2.45, 2.75) is 5.41 Å². The lowest BCUT2D eigenvalue weighted by atomic mass is 9.66. The fourth-order valence-electron chi connectivity index (χ4n) is 10.5. The Morgan fingerprint density at radius 2 is 0.983 bits per heavy atom. The van der Waals surface area contributed by atoms with Gasteiger partial charge in [0.05, 0.1) is 5.41 Å². The zero-order valence-electron chi connectivity index (χ0n) is 31.9. The van der Waals surface area contributed by atoms with Crippen molar-refractivity contribution in [1.29, 1.82) is 0 Å². The Balaban J connectivity index is 1.22. The normalized spacial score (nSPS) is 13.2. The molecule has 274 valence electrons. The number of hydrogen-bond donors (Lipinski definition) is 0. The Morgan fingerprint density at radius 1 is 0.339 bits per heavy atom. The van der Waals surface area contributed by atoms with Crippen LogP contribution in [-0.4, -0.2) is 0 Å². The van der Waals surface area contributed by atoms with Gasteiger partial charge in [0.1, 0.15) is 22.3 Å². The second-order valence-electron chi connectivity index (χ2n) is 15.9. The number of rotatable bonds is 4. The molecular weight excluding hydrogens is 717 g/mol. The molecule has 0 unspecified atom stereocenters. The first-order chi connectivity index (χ1) is 29.3. The van der Waals surface area contributed by atoms with Gasteiger partial charge >= 0.3 is 0 Å². The van der Waals surface area contributed by atoms with Crippen LogP contribution in [0, 0.1) is 0 Å². The van der Waals surface area contributed by atoms with Crippen molar-refractivity contribution < 1.29 is 8.83 Å². The van der Waals surface area contributed by atoms with Crippen LogP contribution in [0.1, 0.15) is 22.3 Å². The molecule has 2 aromatic heterocycles. The molecule has 0 saturated heterocycles. The van der Waals surface area contributed by atoms with E-state index in [4.69, 9.17) is 8.83 Å². The van der Waals surface area contributed by atoms with E-state index in [1.165, 1.54) is 55.1 Å². The lowest BCUT2D eigenvalue weighted by Gasteiger charge is -2.35. The van der Waals surface area contributed by atoms with Gasteiger partial charge in [-0.3, -0.25) is 0 Å². The Labute approximate surface area is 340 Å². The predicted octanol–water partition coefficient (Wildman–Crippen LogP) is 15.5. The maximum Gasteiger partial charge on any atom is 0.143 e. The van der Waals surface area contributed by atoms with E-state index in [9.17, 15) is 0 Å². The van der Waals surface area contributed by atoms with Crippen molar-refractivity contribution in [2.75, 3.05) is 0 Å². The van der Waals surface area contributed by atoms with Crippen LogP contribution in [0.5, 0.6) is 0 Å². The molecule has 0 amide bonds. The van der Waals surface area contributed by atoms with E-state index in [1.807, 2.05) is 6.07 Å². The second-order valence-corrected chi connectivity index (χ2v) is 15.9. The molecule has 2 heterocycles. The summed E-state index contributed by atoms with van der Waals surface area (Å²) in [7, 11) is 0. The number of para-hydroxylation sites is 1. The number of benzene rings is 10. The highest BCUT2D eigenvalue weighted by Gasteiger charge is 2.48. The van der Waals surface area contributed by atoms with E-state index < -0.39 is 5.41 Å². The van der Waals surface area contributed by atoms with E-state index in [-0.39, 0.29) is 0 Å². The highest BCUT2D eigenvalue weighted by atomic mass is 16.3. The van der Waals surface area contributed by atoms with Gasteiger partial charge in [-0.15, -0.1) is 0 Å². The van der Waals surface area contributed by atoms with Crippen molar-refractivity contribution in [3.8, 4) is 33.4 Å². The first kappa shape index (κ1) is 32.4. The molecule has 12 aromatic rings. The van der Waals surface area contributed by atoms with Crippen molar-refractivity contribution >= 4 is 65.4 Å². The third-order valence-corrected chi connectivity index (χ3v) is 12.9. The first-order valence-corrected chi connectivity index (χ1v) is 20.3. The Kier molecular flexibility index (Phi) is 6.68. The summed E-state index contributed by atoms with van der Waals surface area (Å²) in [5, 5.41) is 9.25. The summed E-state index contributed by atoms with van der Waals surface area (Å²) in [6.07, 6.45) is 0. The van der Waals surface area contributed by atoms with Crippen LogP contribution in [-0.2, 0) is 5.41 Å². The van der Waals surface area contributed by atoms with Crippen molar-refractivity contribution in [1.82, 2.24) is 0 Å². The zero-order chi connectivity index (χ0) is 38.7. The summed E-state index contributed by atoms with van der Waals surface area (Å²) in [4.78, 5) is 0. The maximum atomic E-state index is 6.78. The summed E-state index contributed by atoms with van der Waals surface area (Å²) >= 11 is 0. The lowest BCUT2D eigenvalue weighted by molar-refractivity contribution is 0.669. The Bertz CT molecular complexity index is 3620. The molecular formula is C57H34O2. The third-order valence-electron chi connectivity index (χ3n) is 12.9. The van der Waals surface area contributed by atoms with Crippen LogP contribution in [0.3, 0.4) is 0 Å². The molecule has 0 spiro atoms. The van der Waals surface area contributed by atoms with Crippen LogP contribution >= 0.6 is 0 Å². The minimum Gasteiger partial charge on any atom is -0.456 e. The largest absolute Gasteiger partial charge is 0.456 e. The molecule has 0 bridgehead atoms. The van der Waals surface area contributed by atoms with Gasteiger partial charge in [-0.2, -0.15) is 0 Å². The molecule has 0 fully saturated rings. The van der Waals surface area contributed by atoms with E-state index in [0.717, 1.165) is 66.0 Å². The fraction of sp³-hybridized carbons (Fsp3) is 0.0175. The average molecular weight is 751 g/mol. The van der Waals surface area contributed by atoms with Crippen LogP contribution < -0.4 is 0 Å². The molecule has 13 rings (SSSR count). The van der Waals surface area contributed by atoms with Gasteiger partial charge in [-0.05, 0) is 114 Å². The number of fused-ring (bicyclic) bond motifs is 13. The van der Waals surface area contributed by atoms with Gasteiger partial charge in [0.25, 0.3) is 0 Å². The van der Waals surface area contributed by atoms with E-state index in [0.29, 0.717) is 0 Å². The van der Waals surface area contributed by atoms with Gasteiger partial charge in [0.2, 0.25) is 0 Å². The molecule has 0 N–H and O–H groups in total. The summed E-state index contributed by atoms with van der Waals surface area (Å²) in [6, 6.07) is 75.4. The molecule has 2 heteroatoms. The molecule has 1 aliphatic carbocycles. The smallest absolute Gasteiger partial charge is 0.143 e. The summed E-state index contributed by atoms with van der Waals surface area (Å²) in [5.74, 6) is 0. The quantitative estimate of drug-likeness (QED) is 0.179. The molecule has 59 heavy (non-hydrogen) atoms. The average Bonchev–Trinajstić information content (AvgIpc) is 3.98. The molecule has 1 aliphatic rings. The summed E-state index contributed by atoms with van der Waals surface area (Å²) in [6.45, 7) is 0. The highest BCUT2D eigenvalue weighted by Crippen LogP contribution is 2.61. The van der Waals surface area contributed by atoms with Gasteiger partial charge in [0.15, 0.2) is 0 Å². The van der Waals surface area contributed by atoms with E-state index >= 15 is 0 Å². The lowest BCUT2D eigenvalue weighted by Crippen LogP contribution is -2.29. The summed E-state index contributed by atoms with van der Waals surface area (Å²) in [5.41, 5.74) is 15.1. The van der Waals surface area contributed by atoms with Gasteiger partial charge < -0.3 is 8.83 Å². The Hall–Kier alpha value is -7.68. The van der Waals surface area contributed by atoms with E-state index in [2.05, 4.69) is 200 Å². The summed E-state index contributed by atoms with van der Waals surface area (Å²) < 4.78 is 13.2. The van der Waals surface area contributed by atoms with Crippen LogP contribution in [0.4, 0.5) is 0 Å². The molecule has 0 saturated carbocycles. The molecule has 2 nitrogen and oxygen atoms in total. The van der Waals surface area contributed by atoms with Crippen LogP contribution in [0.2, 0.25) is 0 Å². The first-order valence-electron chi connectivity index (χ1n) is 20.3.